The summed E-state index contributed by atoms with van der Waals surface area (Å²) in [6, 6.07) is 0.220. The standard InChI is InChI=1S/C13H22N4O3S/c1-19-10-7-6-9(8-11(10)20-2)17-12(14-15-16-17)4-3-5-13(18)21/h9-11H,3-8H2,1-2H3,(H,18,21). The van der Waals surface area contributed by atoms with E-state index < -0.39 is 0 Å². The van der Waals surface area contributed by atoms with Gasteiger partial charge < -0.3 is 9.47 Å². The van der Waals surface area contributed by atoms with Crippen LogP contribution in [0.4, 0.5) is 0 Å². The third kappa shape index (κ3) is 4.24. The van der Waals surface area contributed by atoms with Crippen LogP contribution in [0.25, 0.3) is 0 Å². The fourth-order valence-corrected chi connectivity index (χ4v) is 3.04. The van der Waals surface area contributed by atoms with Gasteiger partial charge in [0.1, 0.15) is 0 Å². The molecule has 8 heteroatoms. The van der Waals surface area contributed by atoms with Gasteiger partial charge in [0.25, 0.3) is 0 Å². The Balaban J connectivity index is 1.98. The predicted octanol–water partition coefficient (Wildman–Crippen LogP) is 1.21. The zero-order valence-corrected chi connectivity index (χ0v) is 13.3. The Morgan fingerprint density at radius 1 is 1.33 bits per heavy atom. The quantitative estimate of drug-likeness (QED) is 0.762. The fourth-order valence-electron chi connectivity index (χ4n) is 2.88. The van der Waals surface area contributed by atoms with Crippen LogP contribution in [0.5, 0.6) is 0 Å². The number of carbonyl (C=O) groups is 1. The molecule has 0 spiro atoms. The smallest absolute Gasteiger partial charge is 0.185 e. The van der Waals surface area contributed by atoms with Gasteiger partial charge in [-0.2, -0.15) is 0 Å². The van der Waals surface area contributed by atoms with Gasteiger partial charge in [0.2, 0.25) is 0 Å². The minimum absolute atomic E-state index is 0.0600. The topological polar surface area (TPSA) is 79.1 Å². The van der Waals surface area contributed by atoms with E-state index in [2.05, 4.69) is 28.2 Å². The number of aromatic nitrogens is 4. The third-order valence-electron chi connectivity index (χ3n) is 4.01. The van der Waals surface area contributed by atoms with Crippen molar-refractivity contribution in [1.29, 1.82) is 0 Å². The zero-order chi connectivity index (χ0) is 15.2. The summed E-state index contributed by atoms with van der Waals surface area (Å²) in [7, 11) is 3.42. The summed E-state index contributed by atoms with van der Waals surface area (Å²) < 4.78 is 12.8. The van der Waals surface area contributed by atoms with Gasteiger partial charge in [0, 0.05) is 27.1 Å². The van der Waals surface area contributed by atoms with Crippen LogP contribution in [0, 0.1) is 0 Å². The summed E-state index contributed by atoms with van der Waals surface area (Å²) in [6.45, 7) is 0. The van der Waals surface area contributed by atoms with Crippen LogP contribution in [0.3, 0.4) is 0 Å². The van der Waals surface area contributed by atoms with E-state index in [0.29, 0.717) is 19.3 Å². The predicted molar refractivity (Wildman–Crippen MR) is 79.2 cm³/mol. The number of thiol groups is 1. The summed E-state index contributed by atoms with van der Waals surface area (Å²) in [6.07, 6.45) is 4.74. The van der Waals surface area contributed by atoms with Crippen molar-refractivity contribution in [2.45, 2.75) is 56.8 Å². The average Bonchev–Trinajstić information content (AvgIpc) is 2.94. The Kier molecular flexibility index (Phi) is 6.13. The number of nitrogens with zero attached hydrogens (tertiary/aromatic N) is 4. The molecule has 0 saturated heterocycles. The molecule has 1 aromatic rings. The van der Waals surface area contributed by atoms with Crippen molar-refractivity contribution in [3.05, 3.63) is 5.82 Å². The van der Waals surface area contributed by atoms with Crippen molar-refractivity contribution in [3.63, 3.8) is 0 Å². The summed E-state index contributed by atoms with van der Waals surface area (Å²) in [4.78, 5) is 10.9. The molecule has 0 radical (unpaired) electrons. The molecule has 0 aromatic carbocycles. The van der Waals surface area contributed by atoms with Crippen molar-refractivity contribution in [2.24, 2.45) is 0 Å². The highest BCUT2D eigenvalue weighted by Crippen LogP contribution is 2.31. The number of hydrogen-bond acceptors (Lipinski definition) is 6. The molecule has 7 nitrogen and oxygen atoms in total. The lowest BCUT2D eigenvalue weighted by atomic mass is 9.90. The molecule has 0 N–H and O–H groups in total. The second-order valence-corrected chi connectivity index (χ2v) is 5.80. The number of aryl methyl sites for hydroxylation is 1. The summed E-state index contributed by atoms with van der Waals surface area (Å²) in [5.41, 5.74) is 0. The SMILES string of the molecule is COC1CCC(n2nnnc2CCCC(=O)S)CC1OC. The maximum atomic E-state index is 10.9. The van der Waals surface area contributed by atoms with E-state index in [0.717, 1.165) is 25.1 Å². The summed E-state index contributed by atoms with van der Waals surface area (Å²) in [5, 5.41) is 11.9. The van der Waals surface area contributed by atoms with E-state index in [1.54, 1.807) is 14.2 Å². The molecule has 1 aliphatic carbocycles. The number of carbonyl (C=O) groups excluding carboxylic acids is 1. The highest BCUT2D eigenvalue weighted by atomic mass is 32.1. The van der Waals surface area contributed by atoms with E-state index in [1.807, 2.05) is 4.68 Å². The van der Waals surface area contributed by atoms with Crippen molar-refractivity contribution in [3.8, 4) is 0 Å². The Hall–Kier alpha value is -0.990. The first-order valence-electron chi connectivity index (χ1n) is 7.19. The number of ether oxygens (including phenoxy) is 2. The second kappa shape index (κ2) is 7.86. The van der Waals surface area contributed by atoms with Crippen LogP contribution in [0.1, 0.15) is 44.0 Å². The van der Waals surface area contributed by atoms with Gasteiger partial charge in [-0.15, -0.1) is 17.7 Å². The van der Waals surface area contributed by atoms with Gasteiger partial charge in [0.15, 0.2) is 10.9 Å². The lowest BCUT2D eigenvalue weighted by Gasteiger charge is -2.34. The van der Waals surface area contributed by atoms with Crippen molar-refractivity contribution in [1.82, 2.24) is 20.2 Å². The lowest BCUT2D eigenvalue weighted by molar-refractivity contribution is -0.110. The number of hydrogen-bond donors (Lipinski definition) is 1. The highest BCUT2D eigenvalue weighted by molar-refractivity contribution is 7.96. The molecule has 21 heavy (non-hydrogen) atoms. The maximum absolute atomic E-state index is 10.9. The van der Waals surface area contributed by atoms with E-state index in [1.165, 1.54) is 0 Å². The van der Waals surface area contributed by atoms with E-state index in [4.69, 9.17) is 9.47 Å². The van der Waals surface area contributed by atoms with E-state index >= 15 is 0 Å². The van der Waals surface area contributed by atoms with Gasteiger partial charge in [0.05, 0.1) is 18.2 Å². The first kappa shape index (κ1) is 16.4. The summed E-state index contributed by atoms with van der Waals surface area (Å²) >= 11 is 3.77. The molecule has 118 valence electrons. The number of methoxy groups -OCH3 is 2. The van der Waals surface area contributed by atoms with Crippen LogP contribution < -0.4 is 0 Å². The molecule has 0 aliphatic heterocycles. The van der Waals surface area contributed by atoms with Crippen molar-refractivity contribution < 1.29 is 14.3 Å². The highest BCUT2D eigenvalue weighted by Gasteiger charge is 2.33. The van der Waals surface area contributed by atoms with Gasteiger partial charge in [-0.05, 0) is 36.1 Å². The fraction of sp³-hybridized carbons (Fsp3) is 0.846. The Bertz CT molecular complexity index is 468. The van der Waals surface area contributed by atoms with E-state index in [-0.39, 0.29) is 23.4 Å². The van der Waals surface area contributed by atoms with Gasteiger partial charge >= 0.3 is 0 Å². The van der Waals surface area contributed by atoms with Crippen molar-refractivity contribution in [2.75, 3.05) is 14.2 Å². The van der Waals surface area contributed by atoms with Crippen LogP contribution in [0.15, 0.2) is 0 Å². The van der Waals surface area contributed by atoms with Gasteiger partial charge in [-0.1, -0.05) is 0 Å². The van der Waals surface area contributed by atoms with Crippen LogP contribution >= 0.6 is 12.6 Å². The summed E-state index contributed by atoms with van der Waals surface area (Å²) in [5.74, 6) is 0.820. The third-order valence-corrected chi connectivity index (χ3v) is 4.23. The maximum Gasteiger partial charge on any atom is 0.185 e. The molecule has 1 heterocycles. The lowest BCUT2D eigenvalue weighted by Crippen LogP contribution is -2.38. The molecule has 1 aliphatic rings. The monoisotopic (exact) mass is 314 g/mol. The Morgan fingerprint density at radius 2 is 2.10 bits per heavy atom. The van der Waals surface area contributed by atoms with Gasteiger partial charge in [-0.25, -0.2) is 4.68 Å². The van der Waals surface area contributed by atoms with E-state index in [9.17, 15) is 4.79 Å². The molecule has 0 bridgehead atoms. The first-order chi connectivity index (χ1) is 10.2. The minimum Gasteiger partial charge on any atom is -0.379 e. The Morgan fingerprint density at radius 3 is 2.76 bits per heavy atom. The zero-order valence-electron chi connectivity index (χ0n) is 12.4. The van der Waals surface area contributed by atoms with Crippen LogP contribution in [-0.2, 0) is 20.7 Å². The second-order valence-electron chi connectivity index (χ2n) is 5.30. The normalized spacial score (nSPS) is 26.0. The first-order valence-corrected chi connectivity index (χ1v) is 7.64. The molecule has 1 fully saturated rings. The molecule has 1 aromatic heterocycles. The largest absolute Gasteiger partial charge is 0.379 e. The molecular weight excluding hydrogens is 292 g/mol. The molecule has 3 unspecified atom stereocenters. The number of tetrazole rings is 1. The van der Waals surface area contributed by atoms with Gasteiger partial charge in [-0.3, -0.25) is 4.79 Å². The van der Waals surface area contributed by atoms with Crippen LogP contribution in [-0.4, -0.2) is 51.8 Å². The molecular formula is C13H22N4O3S. The Labute approximate surface area is 129 Å². The molecule has 3 atom stereocenters. The molecule has 0 amide bonds. The van der Waals surface area contributed by atoms with Crippen molar-refractivity contribution >= 4 is 17.7 Å². The minimum atomic E-state index is -0.103. The molecule has 1 saturated carbocycles. The molecule has 2 rings (SSSR count). The average molecular weight is 314 g/mol. The van der Waals surface area contributed by atoms with Crippen LogP contribution in [0.2, 0.25) is 0 Å². The number of rotatable bonds is 7.